The predicted molar refractivity (Wildman–Crippen MR) is 83.1 cm³/mol. The smallest absolute Gasteiger partial charge is 0.123 e. The van der Waals surface area contributed by atoms with Gasteiger partial charge in [0.1, 0.15) is 5.82 Å². The number of nitrogens with zero attached hydrogens (tertiary/aromatic N) is 1. The lowest BCUT2D eigenvalue weighted by Crippen LogP contribution is -2.34. The van der Waals surface area contributed by atoms with E-state index in [4.69, 9.17) is 4.74 Å². The molecule has 0 aromatic heterocycles. The molecule has 1 saturated heterocycles. The zero-order valence-corrected chi connectivity index (χ0v) is 12.8. The Bertz CT molecular complexity index is 470. The van der Waals surface area contributed by atoms with Gasteiger partial charge in [0.05, 0.1) is 6.10 Å². The van der Waals surface area contributed by atoms with Gasteiger partial charge in [0, 0.05) is 38.5 Å². The summed E-state index contributed by atoms with van der Waals surface area (Å²) in [5, 5.41) is 3.47. The van der Waals surface area contributed by atoms with Crippen LogP contribution in [0.25, 0.3) is 0 Å². The van der Waals surface area contributed by atoms with Gasteiger partial charge in [-0.3, -0.25) is 0 Å². The van der Waals surface area contributed by atoms with E-state index in [1.807, 2.05) is 6.07 Å². The van der Waals surface area contributed by atoms with Gasteiger partial charge >= 0.3 is 0 Å². The van der Waals surface area contributed by atoms with Crippen molar-refractivity contribution < 1.29 is 9.13 Å². The molecular formula is C17H25FN2O. The Morgan fingerprint density at radius 1 is 1.29 bits per heavy atom. The number of hydrogen-bond acceptors (Lipinski definition) is 3. The quantitative estimate of drug-likeness (QED) is 0.872. The van der Waals surface area contributed by atoms with Crippen molar-refractivity contribution in [2.24, 2.45) is 0 Å². The summed E-state index contributed by atoms with van der Waals surface area (Å²) < 4.78 is 19.3. The van der Waals surface area contributed by atoms with Gasteiger partial charge in [-0.2, -0.15) is 0 Å². The van der Waals surface area contributed by atoms with Crippen molar-refractivity contribution in [1.29, 1.82) is 0 Å². The van der Waals surface area contributed by atoms with Crippen molar-refractivity contribution in [2.45, 2.75) is 50.8 Å². The predicted octanol–water partition coefficient (Wildman–Crippen LogP) is 3.08. The monoisotopic (exact) mass is 292 g/mol. The van der Waals surface area contributed by atoms with Crippen LogP contribution < -0.4 is 10.2 Å². The largest absolute Gasteiger partial charge is 0.376 e. The maximum Gasteiger partial charge on any atom is 0.123 e. The first-order valence-electron chi connectivity index (χ1n) is 8.07. The summed E-state index contributed by atoms with van der Waals surface area (Å²) in [6, 6.07) is 5.73. The van der Waals surface area contributed by atoms with Gasteiger partial charge in [-0.15, -0.1) is 0 Å². The second-order valence-corrected chi connectivity index (χ2v) is 6.30. The highest BCUT2D eigenvalue weighted by Gasteiger charge is 2.22. The van der Waals surface area contributed by atoms with Crippen molar-refractivity contribution in [3.63, 3.8) is 0 Å². The van der Waals surface area contributed by atoms with Gasteiger partial charge in [-0.25, -0.2) is 4.39 Å². The van der Waals surface area contributed by atoms with Crippen LogP contribution in [0, 0.1) is 5.82 Å². The van der Waals surface area contributed by atoms with Crippen LogP contribution >= 0.6 is 0 Å². The molecule has 0 radical (unpaired) electrons. The third kappa shape index (κ3) is 4.17. The maximum atomic E-state index is 13.5. The van der Waals surface area contributed by atoms with Gasteiger partial charge in [0.2, 0.25) is 0 Å². The third-order valence-corrected chi connectivity index (χ3v) is 4.36. The van der Waals surface area contributed by atoms with Crippen LogP contribution in [0.15, 0.2) is 18.2 Å². The lowest BCUT2D eigenvalue weighted by Gasteiger charge is -2.30. The summed E-state index contributed by atoms with van der Waals surface area (Å²) >= 11 is 0. The summed E-state index contributed by atoms with van der Waals surface area (Å²) in [6.45, 7) is 2.49. The van der Waals surface area contributed by atoms with Crippen LogP contribution in [0.2, 0.25) is 0 Å². The molecule has 0 spiro atoms. The number of anilines is 1. The molecule has 21 heavy (non-hydrogen) atoms. The highest BCUT2D eigenvalue weighted by molar-refractivity contribution is 5.53. The Morgan fingerprint density at radius 2 is 2.14 bits per heavy atom. The van der Waals surface area contributed by atoms with Gasteiger partial charge in [0.25, 0.3) is 0 Å². The van der Waals surface area contributed by atoms with E-state index in [0.29, 0.717) is 12.1 Å². The standard InChI is InChI=1S/C17H25FN2O/c1-20(12-16-4-2-3-9-21-16)17-8-5-14(18)10-13(17)11-19-15-6-7-15/h5,8,10,15-16,19H,2-4,6-7,9,11-12H2,1H3. The molecule has 1 heterocycles. The molecule has 116 valence electrons. The number of rotatable bonds is 6. The summed E-state index contributed by atoms with van der Waals surface area (Å²) in [4.78, 5) is 2.21. The molecule has 0 amide bonds. The molecule has 1 N–H and O–H groups in total. The number of nitrogens with one attached hydrogen (secondary N) is 1. The van der Waals surface area contributed by atoms with Crippen LogP contribution in [0.3, 0.4) is 0 Å². The van der Waals surface area contributed by atoms with Crippen LogP contribution in [0.5, 0.6) is 0 Å². The first-order valence-corrected chi connectivity index (χ1v) is 8.07. The first kappa shape index (κ1) is 14.8. The molecular weight excluding hydrogens is 267 g/mol. The highest BCUT2D eigenvalue weighted by atomic mass is 19.1. The number of ether oxygens (including phenoxy) is 1. The minimum atomic E-state index is -0.159. The van der Waals surface area contributed by atoms with E-state index in [2.05, 4.69) is 17.3 Å². The molecule has 1 aromatic carbocycles. The molecule has 3 rings (SSSR count). The fourth-order valence-electron chi connectivity index (χ4n) is 2.97. The lowest BCUT2D eigenvalue weighted by atomic mass is 10.1. The highest BCUT2D eigenvalue weighted by Crippen LogP contribution is 2.25. The molecule has 2 fully saturated rings. The molecule has 0 bridgehead atoms. The van der Waals surface area contributed by atoms with E-state index in [-0.39, 0.29) is 5.82 Å². The number of likely N-dealkylation sites (N-methyl/N-ethyl adjacent to an activating group) is 1. The Labute approximate surface area is 126 Å². The van der Waals surface area contributed by atoms with Crippen molar-refractivity contribution in [2.75, 3.05) is 25.1 Å². The van der Waals surface area contributed by atoms with E-state index in [1.54, 1.807) is 12.1 Å². The van der Waals surface area contributed by atoms with E-state index in [9.17, 15) is 4.39 Å². The van der Waals surface area contributed by atoms with Gasteiger partial charge in [-0.1, -0.05) is 0 Å². The Hall–Kier alpha value is -1.13. The summed E-state index contributed by atoms with van der Waals surface area (Å²) in [5.41, 5.74) is 2.15. The van der Waals surface area contributed by atoms with E-state index in [1.165, 1.54) is 25.7 Å². The van der Waals surface area contributed by atoms with Crippen molar-refractivity contribution in [3.05, 3.63) is 29.6 Å². The van der Waals surface area contributed by atoms with E-state index < -0.39 is 0 Å². The van der Waals surface area contributed by atoms with Crippen molar-refractivity contribution in [1.82, 2.24) is 5.32 Å². The van der Waals surface area contributed by atoms with Gasteiger partial charge in [-0.05, 0) is 55.9 Å². The minimum absolute atomic E-state index is 0.159. The average Bonchev–Trinajstić information content (AvgIpc) is 3.30. The Kier molecular flexibility index (Phi) is 4.76. The zero-order chi connectivity index (χ0) is 14.7. The van der Waals surface area contributed by atoms with Gasteiger partial charge < -0.3 is 15.0 Å². The molecule has 2 aliphatic rings. The fourth-order valence-corrected chi connectivity index (χ4v) is 2.97. The topological polar surface area (TPSA) is 24.5 Å². The normalized spacial score (nSPS) is 22.3. The van der Waals surface area contributed by atoms with E-state index >= 15 is 0 Å². The first-order chi connectivity index (χ1) is 10.2. The molecule has 1 aliphatic carbocycles. The number of halogens is 1. The molecule has 1 unspecified atom stereocenters. The maximum absolute atomic E-state index is 13.5. The molecule has 1 aromatic rings. The minimum Gasteiger partial charge on any atom is -0.376 e. The second-order valence-electron chi connectivity index (χ2n) is 6.30. The second kappa shape index (κ2) is 6.75. The van der Waals surface area contributed by atoms with Crippen molar-refractivity contribution >= 4 is 5.69 Å². The van der Waals surface area contributed by atoms with Crippen LogP contribution in [-0.2, 0) is 11.3 Å². The molecule has 1 atom stereocenters. The van der Waals surface area contributed by atoms with Gasteiger partial charge in [0.15, 0.2) is 0 Å². The fraction of sp³-hybridized carbons (Fsp3) is 0.647. The number of benzene rings is 1. The zero-order valence-electron chi connectivity index (χ0n) is 12.8. The average molecular weight is 292 g/mol. The molecule has 1 saturated carbocycles. The molecule has 3 nitrogen and oxygen atoms in total. The SMILES string of the molecule is CN(CC1CCCCO1)c1ccc(F)cc1CNC1CC1. The Morgan fingerprint density at radius 3 is 2.86 bits per heavy atom. The van der Waals surface area contributed by atoms with Crippen LogP contribution in [-0.4, -0.2) is 32.3 Å². The third-order valence-electron chi connectivity index (χ3n) is 4.36. The summed E-state index contributed by atoms with van der Waals surface area (Å²) in [5.74, 6) is -0.159. The number of hydrogen-bond donors (Lipinski definition) is 1. The van der Waals surface area contributed by atoms with E-state index in [0.717, 1.165) is 37.4 Å². The lowest BCUT2D eigenvalue weighted by molar-refractivity contribution is 0.0216. The molecule has 1 aliphatic heterocycles. The van der Waals surface area contributed by atoms with Crippen LogP contribution in [0.1, 0.15) is 37.7 Å². The van der Waals surface area contributed by atoms with Crippen molar-refractivity contribution in [3.8, 4) is 0 Å². The molecule has 4 heteroatoms. The Balaban J connectivity index is 1.66. The summed E-state index contributed by atoms with van der Waals surface area (Å²) in [7, 11) is 2.08. The summed E-state index contributed by atoms with van der Waals surface area (Å²) in [6.07, 6.45) is 6.34. The van der Waals surface area contributed by atoms with Crippen LogP contribution in [0.4, 0.5) is 10.1 Å².